The van der Waals surface area contributed by atoms with Gasteiger partial charge in [0.1, 0.15) is 17.7 Å². The highest BCUT2D eigenvalue weighted by Crippen LogP contribution is 2.21. The molecule has 0 unspecified atom stereocenters. The van der Waals surface area contributed by atoms with Crippen molar-refractivity contribution in [2.75, 3.05) is 5.32 Å². The molecule has 2 rings (SSSR count). The summed E-state index contributed by atoms with van der Waals surface area (Å²) < 4.78 is 26.2. The van der Waals surface area contributed by atoms with E-state index in [-0.39, 0.29) is 5.69 Å². The van der Waals surface area contributed by atoms with Crippen LogP contribution in [0, 0.1) is 23.0 Å². The second kappa shape index (κ2) is 5.28. The van der Waals surface area contributed by atoms with Crippen LogP contribution in [0.4, 0.5) is 14.5 Å². The first kappa shape index (κ1) is 12.1. The van der Waals surface area contributed by atoms with Crippen molar-refractivity contribution in [3.05, 3.63) is 65.7 Å². The molecule has 0 bridgehead atoms. The summed E-state index contributed by atoms with van der Waals surface area (Å²) in [7, 11) is 0. The van der Waals surface area contributed by atoms with Crippen molar-refractivity contribution in [2.45, 2.75) is 6.04 Å². The molecule has 0 aliphatic rings. The number of anilines is 1. The van der Waals surface area contributed by atoms with Gasteiger partial charge in [0.05, 0.1) is 11.8 Å². The zero-order chi connectivity index (χ0) is 13.0. The third-order valence-corrected chi connectivity index (χ3v) is 2.49. The average molecular weight is 244 g/mol. The van der Waals surface area contributed by atoms with Crippen molar-refractivity contribution in [3.63, 3.8) is 0 Å². The number of nitriles is 1. The molecule has 0 amide bonds. The maximum absolute atomic E-state index is 13.5. The highest BCUT2D eigenvalue weighted by molar-refractivity contribution is 5.48. The second-order valence-corrected chi connectivity index (χ2v) is 3.74. The topological polar surface area (TPSA) is 35.8 Å². The van der Waals surface area contributed by atoms with Crippen LogP contribution in [-0.4, -0.2) is 0 Å². The minimum Gasteiger partial charge on any atom is -0.364 e. The number of nitrogens with one attached hydrogen (secondary N) is 1. The van der Waals surface area contributed by atoms with Crippen LogP contribution in [0.3, 0.4) is 0 Å². The SMILES string of the molecule is N#C[C@H](Nc1ccc(F)cc1F)c1ccccc1. The van der Waals surface area contributed by atoms with Gasteiger partial charge in [-0.1, -0.05) is 30.3 Å². The molecule has 2 nitrogen and oxygen atoms in total. The van der Waals surface area contributed by atoms with E-state index in [1.807, 2.05) is 12.1 Å². The summed E-state index contributed by atoms with van der Waals surface area (Å²) in [5.41, 5.74) is 0.829. The first-order valence-electron chi connectivity index (χ1n) is 5.37. The number of rotatable bonds is 3. The standard InChI is InChI=1S/C14H10F2N2/c15-11-6-7-13(12(16)8-11)18-14(9-17)10-4-2-1-3-5-10/h1-8,14,18H/t14-/m0/s1. The fraction of sp³-hybridized carbons (Fsp3) is 0.0714. The molecule has 0 saturated carbocycles. The Morgan fingerprint density at radius 3 is 2.39 bits per heavy atom. The number of halogens is 2. The molecule has 4 heteroatoms. The average Bonchev–Trinajstić information content (AvgIpc) is 2.39. The second-order valence-electron chi connectivity index (χ2n) is 3.74. The van der Waals surface area contributed by atoms with Crippen molar-refractivity contribution in [2.24, 2.45) is 0 Å². The summed E-state index contributed by atoms with van der Waals surface area (Å²) in [4.78, 5) is 0. The van der Waals surface area contributed by atoms with E-state index in [0.717, 1.165) is 17.7 Å². The van der Waals surface area contributed by atoms with Crippen molar-refractivity contribution >= 4 is 5.69 Å². The molecule has 18 heavy (non-hydrogen) atoms. The van der Waals surface area contributed by atoms with Crippen LogP contribution in [-0.2, 0) is 0 Å². The van der Waals surface area contributed by atoms with Crippen LogP contribution in [0.15, 0.2) is 48.5 Å². The normalized spacial score (nSPS) is 11.6. The molecule has 0 aromatic heterocycles. The maximum atomic E-state index is 13.5. The molecule has 90 valence electrons. The Hall–Kier alpha value is -2.41. The first-order valence-corrected chi connectivity index (χ1v) is 5.37. The van der Waals surface area contributed by atoms with Crippen molar-refractivity contribution in [3.8, 4) is 6.07 Å². The smallest absolute Gasteiger partial charge is 0.149 e. The number of benzene rings is 2. The molecule has 2 aromatic carbocycles. The van der Waals surface area contributed by atoms with Crippen molar-refractivity contribution in [1.82, 2.24) is 0 Å². The third-order valence-electron chi connectivity index (χ3n) is 2.49. The Kier molecular flexibility index (Phi) is 3.54. The zero-order valence-electron chi connectivity index (χ0n) is 9.40. The Balaban J connectivity index is 2.24. The maximum Gasteiger partial charge on any atom is 0.149 e. The predicted molar refractivity (Wildman–Crippen MR) is 64.8 cm³/mol. The molecule has 0 heterocycles. The van der Waals surface area contributed by atoms with E-state index in [1.54, 1.807) is 24.3 Å². The monoisotopic (exact) mass is 244 g/mol. The Labute approximate surface area is 103 Å². The molecule has 2 aromatic rings. The fourth-order valence-corrected chi connectivity index (χ4v) is 1.60. The van der Waals surface area contributed by atoms with Gasteiger partial charge in [-0.05, 0) is 17.7 Å². The molecule has 0 radical (unpaired) electrons. The van der Waals surface area contributed by atoms with E-state index in [2.05, 4.69) is 5.32 Å². The molecule has 0 aliphatic heterocycles. The number of hydrogen-bond donors (Lipinski definition) is 1. The van der Waals surface area contributed by atoms with Gasteiger partial charge in [-0.15, -0.1) is 0 Å². The van der Waals surface area contributed by atoms with E-state index in [4.69, 9.17) is 5.26 Å². The number of hydrogen-bond acceptors (Lipinski definition) is 2. The quantitative estimate of drug-likeness (QED) is 0.894. The van der Waals surface area contributed by atoms with Crippen molar-refractivity contribution in [1.29, 1.82) is 5.26 Å². The van der Waals surface area contributed by atoms with E-state index in [9.17, 15) is 8.78 Å². The minimum absolute atomic E-state index is 0.104. The largest absolute Gasteiger partial charge is 0.364 e. The van der Waals surface area contributed by atoms with Gasteiger partial charge in [-0.3, -0.25) is 0 Å². The summed E-state index contributed by atoms with van der Waals surface area (Å²) in [5, 5.41) is 11.8. The summed E-state index contributed by atoms with van der Waals surface area (Å²) in [6.07, 6.45) is 0. The number of nitrogens with zero attached hydrogens (tertiary/aromatic N) is 1. The minimum atomic E-state index is -0.716. The van der Waals surface area contributed by atoms with Crippen LogP contribution >= 0.6 is 0 Å². The summed E-state index contributed by atoms with van der Waals surface area (Å²) in [5.74, 6) is -1.36. The zero-order valence-corrected chi connectivity index (χ0v) is 9.40. The lowest BCUT2D eigenvalue weighted by Gasteiger charge is -2.13. The van der Waals surface area contributed by atoms with Crippen LogP contribution in [0.1, 0.15) is 11.6 Å². The fourth-order valence-electron chi connectivity index (χ4n) is 1.60. The predicted octanol–water partition coefficient (Wildman–Crippen LogP) is 3.64. The molecule has 0 spiro atoms. The van der Waals surface area contributed by atoms with Crippen LogP contribution in [0.2, 0.25) is 0 Å². The summed E-state index contributed by atoms with van der Waals surface area (Å²) in [6, 6.07) is 13.5. The van der Waals surface area contributed by atoms with Crippen LogP contribution in [0.25, 0.3) is 0 Å². The molecule has 0 aliphatic carbocycles. The van der Waals surface area contributed by atoms with Gasteiger partial charge >= 0.3 is 0 Å². The molecule has 0 fully saturated rings. The van der Waals surface area contributed by atoms with Crippen LogP contribution < -0.4 is 5.32 Å². The van der Waals surface area contributed by atoms with E-state index >= 15 is 0 Å². The lowest BCUT2D eigenvalue weighted by molar-refractivity contribution is 0.584. The van der Waals surface area contributed by atoms with Gasteiger partial charge in [0.15, 0.2) is 0 Å². The Bertz CT molecular complexity index is 576. The van der Waals surface area contributed by atoms with Gasteiger partial charge in [0, 0.05) is 6.07 Å². The van der Waals surface area contributed by atoms with Crippen LogP contribution in [0.5, 0.6) is 0 Å². The van der Waals surface area contributed by atoms with E-state index < -0.39 is 17.7 Å². The molecule has 1 N–H and O–H groups in total. The molecular weight excluding hydrogens is 234 g/mol. The molecule has 0 saturated heterocycles. The van der Waals surface area contributed by atoms with Gasteiger partial charge < -0.3 is 5.32 Å². The van der Waals surface area contributed by atoms with Crippen molar-refractivity contribution < 1.29 is 8.78 Å². The first-order chi connectivity index (χ1) is 8.70. The Morgan fingerprint density at radius 2 is 1.78 bits per heavy atom. The lowest BCUT2D eigenvalue weighted by atomic mass is 10.1. The summed E-state index contributed by atoms with van der Waals surface area (Å²) in [6.45, 7) is 0. The highest BCUT2D eigenvalue weighted by Gasteiger charge is 2.12. The summed E-state index contributed by atoms with van der Waals surface area (Å²) >= 11 is 0. The van der Waals surface area contributed by atoms with Gasteiger partial charge in [-0.2, -0.15) is 5.26 Å². The van der Waals surface area contributed by atoms with Gasteiger partial charge in [0.2, 0.25) is 0 Å². The van der Waals surface area contributed by atoms with Gasteiger partial charge in [0.25, 0.3) is 0 Å². The van der Waals surface area contributed by atoms with Gasteiger partial charge in [-0.25, -0.2) is 8.78 Å². The van der Waals surface area contributed by atoms with E-state index in [0.29, 0.717) is 0 Å². The molecular formula is C14H10F2N2. The lowest BCUT2D eigenvalue weighted by Crippen LogP contribution is -2.09. The third kappa shape index (κ3) is 2.64. The van der Waals surface area contributed by atoms with E-state index in [1.165, 1.54) is 6.07 Å². The Morgan fingerprint density at radius 1 is 1.06 bits per heavy atom. The molecule has 1 atom stereocenters. The highest BCUT2D eigenvalue weighted by atomic mass is 19.1.